The lowest BCUT2D eigenvalue weighted by molar-refractivity contribution is -0.111. The van der Waals surface area contributed by atoms with Gasteiger partial charge in [-0.05, 0) is 24.8 Å². The molecule has 5 rings (SSSR count). The summed E-state index contributed by atoms with van der Waals surface area (Å²) in [6, 6.07) is 8.38. The molecule has 0 spiro atoms. The number of benzene rings is 2. The minimum absolute atomic E-state index is 0.316. The molecule has 10 nitrogen and oxygen atoms in total. The number of hydrogen-bond acceptors (Lipinski definition) is 9. The zero-order valence-electron chi connectivity index (χ0n) is 23.1. The van der Waals surface area contributed by atoms with Crippen molar-refractivity contribution in [3.05, 3.63) is 72.6 Å². The number of carbonyl (C=O) groups is 1. The summed E-state index contributed by atoms with van der Waals surface area (Å²) in [6.45, 7) is 10.5. The fraction of sp³-hybridized carbons (Fsp3) is 0.345. The highest BCUT2D eigenvalue weighted by molar-refractivity contribution is 6.02. The second-order valence-corrected chi connectivity index (χ2v) is 9.70. The van der Waals surface area contributed by atoms with Crippen LogP contribution < -0.4 is 25.3 Å². The summed E-state index contributed by atoms with van der Waals surface area (Å²) in [6.07, 6.45) is 3.10. The van der Waals surface area contributed by atoms with Gasteiger partial charge in [0.05, 0.1) is 36.8 Å². The number of amides is 1. The molecule has 216 valence electrons. The predicted octanol–water partition coefficient (Wildman–Crippen LogP) is 4.66. The average Bonchev–Trinajstić information content (AvgIpc) is 3.47. The van der Waals surface area contributed by atoms with E-state index in [0.717, 1.165) is 44.5 Å². The third kappa shape index (κ3) is 6.23. The molecule has 0 radical (unpaired) electrons. The van der Waals surface area contributed by atoms with Crippen LogP contribution in [0, 0.1) is 11.6 Å². The Kier molecular flexibility index (Phi) is 8.60. The van der Waals surface area contributed by atoms with Gasteiger partial charge in [0.2, 0.25) is 5.91 Å². The van der Waals surface area contributed by atoms with Crippen LogP contribution in [-0.2, 0) is 9.63 Å². The lowest BCUT2D eigenvalue weighted by atomic mass is 10.0. The monoisotopic (exact) mass is 565 g/mol. The van der Waals surface area contributed by atoms with Gasteiger partial charge in [-0.2, -0.15) is 0 Å². The first kappa shape index (κ1) is 28.2. The summed E-state index contributed by atoms with van der Waals surface area (Å²) in [4.78, 5) is 31.4. The summed E-state index contributed by atoms with van der Waals surface area (Å²) >= 11 is 0. The maximum Gasteiger partial charge on any atom is 0.247 e. The first-order valence-electron chi connectivity index (χ1n) is 13.5. The van der Waals surface area contributed by atoms with Crippen LogP contribution in [0.5, 0.6) is 5.75 Å². The number of nitrogens with zero attached hydrogens (tertiary/aromatic N) is 5. The van der Waals surface area contributed by atoms with E-state index in [0.29, 0.717) is 47.4 Å². The number of rotatable bonds is 9. The van der Waals surface area contributed by atoms with E-state index < -0.39 is 17.7 Å². The van der Waals surface area contributed by atoms with Crippen molar-refractivity contribution in [1.29, 1.82) is 0 Å². The molecule has 3 heterocycles. The second-order valence-electron chi connectivity index (χ2n) is 9.70. The largest absolute Gasteiger partial charge is 0.494 e. The Hall–Kier alpha value is -4.29. The van der Waals surface area contributed by atoms with Crippen molar-refractivity contribution in [2.24, 2.45) is 0 Å². The van der Waals surface area contributed by atoms with Gasteiger partial charge in [-0.1, -0.05) is 19.6 Å². The highest BCUT2D eigenvalue weighted by atomic mass is 19.1. The molecule has 41 heavy (non-hydrogen) atoms. The molecule has 1 aromatic heterocycles. The lowest BCUT2D eigenvalue weighted by Gasteiger charge is -2.36. The van der Waals surface area contributed by atoms with E-state index >= 15 is 0 Å². The highest BCUT2D eigenvalue weighted by Gasteiger charge is 2.31. The molecule has 0 bridgehead atoms. The minimum atomic E-state index is -0.645. The van der Waals surface area contributed by atoms with Crippen LogP contribution in [0.15, 0.2) is 55.4 Å². The van der Waals surface area contributed by atoms with Gasteiger partial charge in [-0.15, -0.1) is 0 Å². The Morgan fingerprint density at radius 2 is 1.95 bits per heavy atom. The zero-order chi connectivity index (χ0) is 28.9. The minimum Gasteiger partial charge on any atom is -0.494 e. The van der Waals surface area contributed by atoms with Gasteiger partial charge < -0.3 is 25.2 Å². The van der Waals surface area contributed by atoms with Crippen LogP contribution in [0.3, 0.4) is 0 Å². The quantitative estimate of drug-likeness (QED) is 0.360. The SMILES string of the molecule is C=CC(=O)Nc1cc(Nc2cc(N3OCCC3c3ccc(F)cc3F)ncn2)c(OC)cc1N1CCN(CC)CC1. The smallest absolute Gasteiger partial charge is 0.247 e. The summed E-state index contributed by atoms with van der Waals surface area (Å²) in [5.41, 5.74) is 2.33. The van der Waals surface area contributed by atoms with Crippen molar-refractivity contribution in [1.82, 2.24) is 14.9 Å². The highest BCUT2D eigenvalue weighted by Crippen LogP contribution is 2.40. The average molecular weight is 566 g/mol. The van der Waals surface area contributed by atoms with E-state index in [4.69, 9.17) is 9.57 Å². The molecule has 1 amide bonds. The topological polar surface area (TPSA) is 95.1 Å². The first-order valence-corrected chi connectivity index (χ1v) is 13.5. The standard InChI is InChI=1S/C29H33F2N7O3/c1-4-29(39)35-22-15-23(26(40-3)16-25(22)37-11-9-36(5-2)10-12-37)34-27-17-28(33-18-32-27)38-24(8-13-41-38)20-7-6-19(30)14-21(20)31/h4,6-7,14-18,24H,1,5,8-13H2,2-3H3,(H,35,39)(H,32,33,34). The number of halogens is 2. The molecule has 2 saturated heterocycles. The van der Waals surface area contributed by atoms with Gasteiger partial charge in [-0.3, -0.25) is 9.63 Å². The molecule has 0 aliphatic carbocycles. The third-order valence-electron chi connectivity index (χ3n) is 7.29. The van der Waals surface area contributed by atoms with E-state index in [2.05, 4.69) is 43.9 Å². The van der Waals surface area contributed by atoms with E-state index in [1.807, 2.05) is 6.07 Å². The second kappa shape index (κ2) is 12.5. The molecule has 1 unspecified atom stereocenters. The van der Waals surface area contributed by atoms with Crippen molar-refractivity contribution in [2.45, 2.75) is 19.4 Å². The molecule has 1 atom stereocenters. The van der Waals surface area contributed by atoms with Crippen molar-refractivity contribution in [3.63, 3.8) is 0 Å². The Morgan fingerprint density at radius 3 is 2.66 bits per heavy atom. The van der Waals surface area contributed by atoms with Gasteiger partial charge in [0.1, 0.15) is 29.5 Å². The number of anilines is 5. The van der Waals surface area contributed by atoms with Gasteiger partial charge >= 0.3 is 0 Å². The molecule has 12 heteroatoms. The lowest BCUT2D eigenvalue weighted by Crippen LogP contribution is -2.46. The number of piperazine rings is 1. The van der Waals surface area contributed by atoms with E-state index in [1.54, 1.807) is 19.2 Å². The van der Waals surface area contributed by atoms with Gasteiger partial charge in [0.15, 0.2) is 5.82 Å². The van der Waals surface area contributed by atoms with Crippen LogP contribution in [0.2, 0.25) is 0 Å². The number of ether oxygens (including phenoxy) is 1. The Morgan fingerprint density at radius 1 is 1.15 bits per heavy atom. The first-order chi connectivity index (χ1) is 19.9. The summed E-state index contributed by atoms with van der Waals surface area (Å²) in [5, 5.41) is 7.68. The predicted molar refractivity (Wildman–Crippen MR) is 154 cm³/mol. The van der Waals surface area contributed by atoms with Crippen molar-refractivity contribution in [2.75, 3.05) is 67.0 Å². The Labute approximate surface area is 237 Å². The van der Waals surface area contributed by atoms with Crippen molar-refractivity contribution < 1.29 is 23.1 Å². The van der Waals surface area contributed by atoms with Crippen LogP contribution in [0.25, 0.3) is 0 Å². The zero-order valence-corrected chi connectivity index (χ0v) is 23.1. The van der Waals surface area contributed by atoms with Gasteiger partial charge in [0, 0.05) is 56.4 Å². The van der Waals surface area contributed by atoms with Crippen LogP contribution in [0.4, 0.5) is 37.5 Å². The maximum absolute atomic E-state index is 14.6. The van der Waals surface area contributed by atoms with Crippen molar-refractivity contribution in [3.8, 4) is 5.75 Å². The fourth-order valence-corrected chi connectivity index (χ4v) is 5.11. The Bertz CT molecular complexity index is 1420. The van der Waals surface area contributed by atoms with Crippen LogP contribution in [0.1, 0.15) is 24.9 Å². The molecule has 0 saturated carbocycles. The molecule has 2 aliphatic rings. The Balaban J connectivity index is 1.43. The normalized spacial score (nSPS) is 17.4. The summed E-state index contributed by atoms with van der Waals surface area (Å²) in [7, 11) is 1.58. The maximum atomic E-state index is 14.6. The molecule has 3 aromatic rings. The fourth-order valence-electron chi connectivity index (χ4n) is 5.11. The number of nitrogens with one attached hydrogen (secondary N) is 2. The van der Waals surface area contributed by atoms with Crippen molar-refractivity contribution >= 4 is 34.6 Å². The number of aromatic nitrogens is 2. The number of likely N-dealkylation sites (N-methyl/N-ethyl adjacent to an activating group) is 1. The third-order valence-corrected chi connectivity index (χ3v) is 7.29. The summed E-state index contributed by atoms with van der Waals surface area (Å²) in [5.74, 6) is -0.238. The molecule has 2 aliphatic heterocycles. The van der Waals surface area contributed by atoms with Gasteiger partial charge in [0.25, 0.3) is 0 Å². The molecule has 2 N–H and O–H groups in total. The molecular weight excluding hydrogens is 532 g/mol. The van der Waals surface area contributed by atoms with E-state index in [-0.39, 0.29) is 5.91 Å². The number of carbonyl (C=O) groups excluding carboxylic acids is 1. The van der Waals surface area contributed by atoms with Gasteiger partial charge in [-0.25, -0.2) is 23.8 Å². The van der Waals surface area contributed by atoms with Crippen LogP contribution >= 0.6 is 0 Å². The molecular formula is C29H33F2N7O3. The summed E-state index contributed by atoms with van der Waals surface area (Å²) < 4.78 is 33.8. The number of hydroxylamine groups is 1. The van der Waals surface area contributed by atoms with Crippen LogP contribution in [-0.4, -0.2) is 67.2 Å². The molecule has 2 aromatic carbocycles. The molecule has 2 fully saturated rings. The number of methoxy groups -OCH3 is 1. The number of hydrogen-bond donors (Lipinski definition) is 2. The van der Waals surface area contributed by atoms with E-state index in [9.17, 15) is 13.6 Å². The van der Waals surface area contributed by atoms with E-state index in [1.165, 1.54) is 29.6 Å².